The van der Waals surface area contributed by atoms with Crippen molar-refractivity contribution < 1.29 is 0 Å². The topological polar surface area (TPSA) is 94.3 Å². The number of hydrogen-bond acceptors (Lipinski definition) is 5. The van der Waals surface area contributed by atoms with Crippen LogP contribution in [0.1, 0.15) is 51.4 Å². The molecular formula is C24H29N7O. The van der Waals surface area contributed by atoms with Crippen LogP contribution in [-0.2, 0) is 13.1 Å². The lowest BCUT2D eigenvalue weighted by Crippen LogP contribution is -2.26. The molecule has 0 saturated heterocycles. The maximum atomic E-state index is 13.0. The molecule has 2 aromatic heterocycles. The first-order chi connectivity index (χ1) is 15.4. The number of aromatic amines is 1. The number of aromatic nitrogens is 7. The lowest BCUT2D eigenvalue weighted by atomic mass is 10.0. The third-order valence-electron chi connectivity index (χ3n) is 5.48. The summed E-state index contributed by atoms with van der Waals surface area (Å²) >= 11 is 0. The molecule has 8 heteroatoms. The molecule has 0 fully saturated rings. The van der Waals surface area contributed by atoms with Crippen LogP contribution in [0.15, 0.2) is 53.3 Å². The summed E-state index contributed by atoms with van der Waals surface area (Å²) in [7, 11) is 0. The highest BCUT2D eigenvalue weighted by Crippen LogP contribution is 2.25. The molecule has 32 heavy (non-hydrogen) atoms. The van der Waals surface area contributed by atoms with Crippen LogP contribution in [0.5, 0.6) is 0 Å². The largest absolute Gasteiger partial charge is 0.346 e. The molecule has 4 aromatic rings. The molecule has 0 aliphatic carbocycles. The third-order valence-corrected chi connectivity index (χ3v) is 5.48. The second kappa shape index (κ2) is 9.30. The third kappa shape index (κ3) is 4.69. The van der Waals surface area contributed by atoms with Gasteiger partial charge in [-0.1, -0.05) is 70.2 Å². The summed E-state index contributed by atoms with van der Waals surface area (Å²) in [5.74, 6) is 2.10. The number of nitrogens with zero attached hydrogens (tertiary/aromatic N) is 6. The zero-order chi connectivity index (χ0) is 22.7. The van der Waals surface area contributed by atoms with Gasteiger partial charge in [-0.05, 0) is 40.3 Å². The second-order valence-electron chi connectivity index (χ2n) is 8.80. The van der Waals surface area contributed by atoms with Crippen LogP contribution < -0.4 is 5.69 Å². The van der Waals surface area contributed by atoms with E-state index in [9.17, 15) is 4.79 Å². The highest BCUT2D eigenvalue weighted by Gasteiger charge is 2.16. The Hall–Kier alpha value is -3.55. The van der Waals surface area contributed by atoms with E-state index < -0.39 is 0 Å². The molecule has 0 aliphatic rings. The van der Waals surface area contributed by atoms with Crippen molar-refractivity contribution >= 4 is 0 Å². The van der Waals surface area contributed by atoms with Crippen LogP contribution in [0.4, 0.5) is 0 Å². The summed E-state index contributed by atoms with van der Waals surface area (Å²) in [6.45, 7) is 9.63. The lowest BCUT2D eigenvalue weighted by Gasteiger charge is -2.09. The number of aryl methyl sites for hydroxylation is 1. The molecule has 1 N–H and O–H groups in total. The number of nitrogens with one attached hydrogen (secondary N) is 1. The molecule has 4 rings (SSSR count). The molecule has 166 valence electrons. The Balaban J connectivity index is 1.57. The molecule has 0 aliphatic heterocycles. The number of benzene rings is 2. The van der Waals surface area contributed by atoms with E-state index in [-0.39, 0.29) is 11.6 Å². The molecule has 0 saturated carbocycles. The molecule has 2 aromatic carbocycles. The summed E-state index contributed by atoms with van der Waals surface area (Å²) in [4.78, 5) is 13.0. The molecule has 0 spiro atoms. The highest BCUT2D eigenvalue weighted by atomic mass is 16.2. The molecule has 2 heterocycles. The van der Waals surface area contributed by atoms with Gasteiger partial charge in [0.15, 0.2) is 0 Å². The molecule has 8 nitrogen and oxygen atoms in total. The van der Waals surface area contributed by atoms with Gasteiger partial charge in [0.1, 0.15) is 5.82 Å². The van der Waals surface area contributed by atoms with E-state index in [1.165, 1.54) is 0 Å². The van der Waals surface area contributed by atoms with Crippen LogP contribution in [0.2, 0.25) is 0 Å². The van der Waals surface area contributed by atoms with Gasteiger partial charge < -0.3 is 0 Å². The zero-order valence-corrected chi connectivity index (χ0v) is 19.0. The van der Waals surface area contributed by atoms with Crippen LogP contribution in [0, 0.1) is 5.92 Å². The van der Waals surface area contributed by atoms with E-state index >= 15 is 0 Å². The van der Waals surface area contributed by atoms with Crippen molar-refractivity contribution in [2.24, 2.45) is 5.92 Å². The molecule has 0 atom stereocenters. The number of rotatable bonds is 8. The van der Waals surface area contributed by atoms with E-state index in [1.54, 1.807) is 9.25 Å². The average Bonchev–Trinajstić information content (AvgIpc) is 3.42. The molecule has 0 amide bonds. The number of H-pyrrole nitrogens is 1. The van der Waals surface area contributed by atoms with Crippen molar-refractivity contribution in [2.45, 2.75) is 53.1 Å². The van der Waals surface area contributed by atoms with Crippen molar-refractivity contribution in [1.29, 1.82) is 0 Å². The van der Waals surface area contributed by atoms with E-state index in [0.717, 1.165) is 34.5 Å². The van der Waals surface area contributed by atoms with Gasteiger partial charge in [0.25, 0.3) is 0 Å². The molecule has 0 unspecified atom stereocenters. The van der Waals surface area contributed by atoms with E-state index in [4.69, 9.17) is 0 Å². The Morgan fingerprint density at radius 3 is 2.38 bits per heavy atom. The summed E-state index contributed by atoms with van der Waals surface area (Å²) in [5, 5.41) is 18.8. The minimum absolute atomic E-state index is 0.0359. The maximum Gasteiger partial charge on any atom is 0.346 e. The van der Waals surface area contributed by atoms with Gasteiger partial charge in [-0.2, -0.15) is 10.3 Å². The monoisotopic (exact) mass is 431 g/mol. The fraction of sp³-hybridized carbons (Fsp3) is 0.375. The molecule has 0 bridgehead atoms. The van der Waals surface area contributed by atoms with E-state index in [2.05, 4.69) is 83.7 Å². The van der Waals surface area contributed by atoms with Gasteiger partial charge in [0.05, 0.1) is 6.54 Å². The Kier molecular flexibility index (Phi) is 6.30. The van der Waals surface area contributed by atoms with E-state index in [0.29, 0.717) is 24.8 Å². The summed E-state index contributed by atoms with van der Waals surface area (Å²) in [6.07, 6.45) is 0.937. The SMILES string of the molecule is CC(C)CCn1nc(C(C)C)n(Cc2ccc(-c3cccc(-c4nn[nH]n4)c3)cc2)c1=O. The highest BCUT2D eigenvalue weighted by molar-refractivity contribution is 5.70. The van der Waals surface area contributed by atoms with Crippen LogP contribution >= 0.6 is 0 Å². The Bertz CT molecular complexity index is 1220. The smallest absolute Gasteiger partial charge is 0.274 e. The van der Waals surface area contributed by atoms with Gasteiger partial charge in [0.2, 0.25) is 5.82 Å². The predicted octanol–water partition coefficient (Wildman–Crippen LogP) is 4.11. The van der Waals surface area contributed by atoms with Crippen molar-refractivity contribution in [1.82, 2.24) is 35.0 Å². The fourth-order valence-electron chi connectivity index (χ4n) is 3.67. The first kappa shape index (κ1) is 21.7. The van der Waals surface area contributed by atoms with Crippen molar-refractivity contribution in [3.05, 3.63) is 70.4 Å². The molecule has 0 radical (unpaired) electrons. The van der Waals surface area contributed by atoms with Crippen LogP contribution in [-0.4, -0.2) is 35.0 Å². The predicted molar refractivity (Wildman–Crippen MR) is 124 cm³/mol. The first-order valence-corrected chi connectivity index (χ1v) is 11.0. The molecular weight excluding hydrogens is 402 g/mol. The van der Waals surface area contributed by atoms with Gasteiger partial charge in [-0.15, -0.1) is 10.2 Å². The van der Waals surface area contributed by atoms with Crippen molar-refractivity contribution in [3.8, 4) is 22.5 Å². The van der Waals surface area contributed by atoms with Crippen molar-refractivity contribution in [2.75, 3.05) is 0 Å². The first-order valence-electron chi connectivity index (χ1n) is 11.0. The average molecular weight is 432 g/mol. The summed E-state index contributed by atoms with van der Waals surface area (Å²) < 4.78 is 3.42. The van der Waals surface area contributed by atoms with Crippen molar-refractivity contribution in [3.63, 3.8) is 0 Å². The second-order valence-corrected chi connectivity index (χ2v) is 8.80. The number of tetrazole rings is 1. The van der Waals surface area contributed by atoms with Gasteiger partial charge >= 0.3 is 5.69 Å². The van der Waals surface area contributed by atoms with Crippen LogP contribution in [0.25, 0.3) is 22.5 Å². The maximum absolute atomic E-state index is 13.0. The normalized spacial score (nSPS) is 11.6. The fourth-order valence-corrected chi connectivity index (χ4v) is 3.67. The Morgan fingerprint density at radius 1 is 0.969 bits per heavy atom. The summed E-state index contributed by atoms with van der Waals surface area (Å²) in [5.41, 5.74) is 4.09. The minimum Gasteiger partial charge on any atom is -0.274 e. The summed E-state index contributed by atoms with van der Waals surface area (Å²) in [6, 6.07) is 16.3. The van der Waals surface area contributed by atoms with Gasteiger partial charge in [0, 0.05) is 18.0 Å². The minimum atomic E-state index is -0.0359. The van der Waals surface area contributed by atoms with Gasteiger partial charge in [-0.3, -0.25) is 4.57 Å². The quantitative estimate of drug-likeness (QED) is 0.453. The van der Waals surface area contributed by atoms with Crippen LogP contribution in [0.3, 0.4) is 0 Å². The number of hydrogen-bond donors (Lipinski definition) is 1. The van der Waals surface area contributed by atoms with Gasteiger partial charge in [-0.25, -0.2) is 9.48 Å². The lowest BCUT2D eigenvalue weighted by molar-refractivity contribution is 0.472. The van der Waals surface area contributed by atoms with E-state index in [1.807, 2.05) is 18.2 Å². The standard InChI is InChI=1S/C24H29N7O/c1-16(2)12-13-31-24(32)30(23(27-31)17(3)4)15-18-8-10-19(11-9-18)20-6-5-7-21(14-20)22-25-28-29-26-22/h5-11,14,16-17H,12-13,15H2,1-4H3,(H,25,26,28,29). The Morgan fingerprint density at radius 2 is 1.72 bits per heavy atom. The zero-order valence-electron chi connectivity index (χ0n) is 19.0. The Labute approximate surface area is 187 Å².